The summed E-state index contributed by atoms with van der Waals surface area (Å²) >= 11 is 0. The fraction of sp³-hybridized carbons (Fsp3) is 0.269. The fourth-order valence-corrected chi connectivity index (χ4v) is 4.37. The Balaban J connectivity index is 1.34. The van der Waals surface area contributed by atoms with Gasteiger partial charge in [-0.05, 0) is 49.2 Å². The number of amides is 1. The van der Waals surface area contributed by atoms with Crippen LogP contribution in [0, 0.1) is 0 Å². The molecule has 0 radical (unpaired) electrons. The van der Waals surface area contributed by atoms with E-state index < -0.39 is 5.97 Å². The Morgan fingerprint density at radius 3 is 2.77 bits per heavy atom. The number of pyridine rings is 1. The second-order valence-corrected chi connectivity index (χ2v) is 8.52. The van der Waals surface area contributed by atoms with Crippen molar-refractivity contribution in [3.63, 3.8) is 0 Å². The van der Waals surface area contributed by atoms with Crippen LogP contribution in [0.5, 0.6) is 5.88 Å². The van der Waals surface area contributed by atoms with Gasteiger partial charge in [0.25, 0.3) is 0 Å². The van der Waals surface area contributed by atoms with Crippen molar-refractivity contribution in [1.82, 2.24) is 15.3 Å². The van der Waals surface area contributed by atoms with Gasteiger partial charge in [0.2, 0.25) is 5.91 Å². The molecule has 4 aromatic rings. The zero-order valence-corrected chi connectivity index (χ0v) is 19.3. The van der Waals surface area contributed by atoms with Crippen molar-refractivity contribution in [3.05, 3.63) is 54.1 Å². The Bertz CT molecular complexity index is 1410. The number of ether oxygens (including phenoxy) is 2. The number of fused-ring (bicyclic) bond motifs is 2. The average molecular weight is 475 g/mol. The van der Waals surface area contributed by atoms with Gasteiger partial charge in [0, 0.05) is 41.2 Å². The molecule has 1 saturated heterocycles. The van der Waals surface area contributed by atoms with E-state index >= 15 is 0 Å². The van der Waals surface area contributed by atoms with E-state index in [1.165, 1.54) is 7.11 Å². The van der Waals surface area contributed by atoms with Gasteiger partial charge >= 0.3 is 5.97 Å². The van der Waals surface area contributed by atoms with Gasteiger partial charge in [-0.2, -0.15) is 0 Å². The number of aromatic amines is 1. The SMILES string of the molecule is COC(=O)c1ccc2c(-c3ccc4cc(NC(=O)CNC5CCOCC5)ccc4n3)c(O)[nH]c2c1. The zero-order chi connectivity index (χ0) is 24.4. The first kappa shape index (κ1) is 22.8. The van der Waals surface area contributed by atoms with Crippen LogP contribution in [-0.2, 0) is 14.3 Å². The van der Waals surface area contributed by atoms with Gasteiger partial charge in [-0.15, -0.1) is 0 Å². The van der Waals surface area contributed by atoms with Crippen LogP contribution in [0.2, 0.25) is 0 Å². The highest BCUT2D eigenvalue weighted by Gasteiger charge is 2.17. The summed E-state index contributed by atoms with van der Waals surface area (Å²) in [6.45, 7) is 1.70. The average Bonchev–Trinajstić information content (AvgIpc) is 3.22. The van der Waals surface area contributed by atoms with E-state index in [4.69, 9.17) is 14.5 Å². The lowest BCUT2D eigenvalue weighted by Gasteiger charge is -2.22. The van der Waals surface area contributed by atoms with Gasteiger partial charge in [0.1, 0.15) is 0 Å². The number of carbonyl (C=O) groups excluding carboxylic acids is 2. The van der Waals surface area contributed by atoms with Crippen LogP contribution >= 0.6 is 0 Å². The predicted molar refractivity (Wildman–Crippen MR) is 133 cm³/mol. The number of rotatable bonds is 6. The van der Waals surface area contributed by atoms with Crippen LogP contribution in [0.1, 0.15) is 23.2 Å². The first-order valence-electron chi connectivity index (χ1n) is 11.5. The van der Waals surface area contributed by atoms with Crippen LogP contribution in [-0.4, -0.2) is 59.9 Å². The van der Waals surface area contributed by atoms with Crippen LogP contribution in [0.3, 0.4) is 0 Å². The van der Waals surface area contributed by atoms with Gasteiger partial charge in [-0.3, -0.25) is 4.79 Å². The van der Waals surface area contributed by atoms with Crippen LogP contribution in [0.4, 0.5) is 5.69 Å². The number of aromatic hydroxyl groups is 1. The molecule has 2 aromatic heterocycles. The molecule has 9 nitrogen and oxygen atoms in total. The van der Waals surface area contributed by atoms with Crippen molar-refractivity contribution in [1.29, 1.82) is 0 Å². The summed E-state index contributed by atoms with van der Waals surface area (Å²) in [5, 5.41) is 18.4. The molecule has 180 valence electrons. The Morgan fingerprint density at radius 2 is 1.97 bits per heavy atom. The number of benzene rings is 2. The van der Waals surface area contributed by atoms with E-state index in [0.717, 1.165) is 42.3 Å². The van der Waals surface area contributed by atoms with Crippen molar-refractivity contribution in [2.24, 2.45) is 0 Å². The summed E-state index contributed by atoms with van der Waals surface area (Å²) in [6, 6.07) is 14.6. The third kappa shape index (κ3) is 4.82. The lowest BCUT2D eigenvalue weighted by molar-refractivity contribution is -0.115. The normalized spacial score (nSPS) is 14.3. The van der Waals surface area contributed by atoms with Gasteiger partial charge in [0.15, 0.2) is 5.88 Å². The van der Waals surface area contributed by atoms with Crippen molar-refractivity contribution in [2.75, 3.05) is 32.2 Å². The minimum Gasteiger partial charge on any atom is -0.494 e. The highest BCUT2D eigenvalue weighted by molar-refractivity contribution is 6.03. The van der Waals surface area contributed by atoms with E-state index in [1.807, 2.05) is 30.3 Å². The molecule has 0 bridgehead atoms. The Labute approximate surface area is 201 Å². The molecule has 0 aliphatic carbocycles. The molecule has 0 unspecified atom stereocenters. The van der Waals surface area contributed by atoms with E-state index in [9.17, 15) is 14.7 Å². The minimum absolute atomic E-state index is 0.0326. The topological polar surface area (TPSA) is 126 Å². The number of carbonyl (C=O) groups is 2. The number of esters is 1. The first-order chi connectivity index (χ1) is 17.0. The number of anilines is 1. The van der Waals surface area contributed by atoms with E-state index in [-0.39, 0.29) is 18.3 Å². The van der Waals surface area contributed by atoms with Crippen LogP contribution < -0.4 is 10.6 Å². The zero-order valence-electron chi connectivity index (χ0n) is 19.3. The molecule has 9 heteroatoms. The van der Waals surface area contributed by atoms with E-state index in [0.29, 0.717) is 34.1 Å². The second kappa shape index (κ2) is 9.73. The summed E-state index contributed by atoms with van der Waals surface area (Å²) < 4.78 is 10.1. The maximum atomic E-state index is 12.4. The smallest absolute Gasteiger partial charge is 0.337 e. The Kier molecular flexibility index (Phi) is 6.35. The Hall–Kier alpha value is -3.95. The summed E-state index contributed by atoms with van der Waals surface area (Å²) in [6.07, 6.45) is 1.82. The van der Waals surface area contributed by atoms with E-state index in [2.05, 4.69) is 15.6 Å². The third-order valence-corrected chi connectivity index (χ3v) is 6.20. The van der Waals surface area contributed by atoms with Crippen LogP contribution in [0.25, 0.3) is 33.1 Å². The summed E-state index contributed by atoms with van der Waals surface area (Å²) in [5.41, 5.74) is 3.54. The quantitative estimate of drug-likeness (QED) is 0.315. The number of nitrogens with one attached hydrogen (secondary N) is 3. The molecule has 2 aromatic carbocycles. The molecule has 0 atom stereocenters. The van der Waals surface area contributed by atoms with Gasteiger partial charge in [-0.25, -0.2) is 9.78 Å². The predicted octanol–water partition coefficient (Wildman–Crippen LogP) is 3.58. The van der Waals surface area contributed by atoms with Crippen LogP contribution in [0.15, 0.2) is 48.5 Å². The number of H-pyrrole nitrogens is 1. The third-order valence-electron chi connectivity index (χ3n) is 6.20. The molecular formula is C26H26N4O5. The summed E-state index contributed by atoms with van der Waals surface area (Å²) in [4.78, 5) is 31.8. The maximum Gasteiger partial charge on any atom is 0.337 e. The number of methoxy groups -OCH3 is 1. The van der Waals surface area contributed by atoms with Crippen molar-refractivity contribution in [3.8, 4) is 17.1 Å². The van der Waals surface area contributed by atoms with Gasteiger partial charge < -0.3 is 30.2 Å². The fourth-order valence-electron chi connectivity index (χ4n) is 4.37. The van der Waals surface area contributed by atoms with Gasteiger partial charge in [-0.1, -0.05) is 12.1 Å². The number of hydrogen-bond donors (Lipinski definition) is 4. The molecule has 1 fully saturated rings. The van der Waals surface area contributed by atoms with Crippen molar-refractivity contribution in [2.45, 2.75) is 18.9 Å². The number of aromatic nitrogens is 2. The monoisotopic (exact) mass is 474 g/mol. The summed E-state index contributed by atoms with van der Waals surface area (Å²) in [7, 11) is 1.32. The molecule has 1 aliphatic heterocycles. The molecule has 0 spiro atoms. The molecule has 0 saturated carbocycles. The van der Waals surface area contributed by atoms with Crippen molar-refractivity contribution >= 4 is 39.4 Å². The number of hydrogen-bond acceptors (Lipinski definition) is 7. The lowest BCUT2D eigenvalue weighted by Crippen LogP contribution is -2.39. The molecule has 5 rings (SSSR count). The minimum atomic E-state index is -0.450. The van der Waals surface area contributed by atoms with E-state index in [1.54, 1.807) is 18.2 Å². The molecule has 1 aliphatic rings. The highest BCUT2D eigenvalue weighted by atomic mass is 16.5. The molecular weight excluding hydrogens is 448 g/mol. The molecule has 35 heavy (non-hydrogen) atoms. The molecule has 1 amide bonds. The highest BCUT2D eigenvalue weighted by Crippen LogP contribution is 2.37. The Morgan fingerprint density at radius 1 is 1.14 bits per heavy atom. The molecule has 3 heterocycles. The second-order valence-electron chi connectivity index (χ2n) is 8.52. The first-order valence-corrected chi connectivity index (χ1v) is 11.5. The van der Waals surface area contributed by atoms with Crippen molar-refractivity contribution < 1.29 is 24.2 Å². The molecule has 4 N–H and O–H groups in total. The summed E-state index contributed by atoms with van der Waals surface area (Å²) in [5.74, 6) is -0.584. The lowest BCUT2D eigenvalue weighted by atomic mass is 10.1. The standard InChI is InChI=1S/C26H26N4O5/c1-34-26(33)16-2-5-19-22(13-16)30-25(32)24(19)21-6-3-15-12-18(4-7-20(15)29-21)28-23(31)14-27-17-8-10-35-11-9-17/h2-7,12-13,17,27,30,32H,8-11,14H2,1H3,(H,28,31). The largest absolute Gasteiger partial charge is 0.494 e. The van der Waals surface area contributed by atoms with Gasteiger partial charge in [0.05, 0.1) is 36.0 Å². The number of nitrogens with zero attached hydrogens (tertiary/aromatic N) is 1. The maximum absolute atomic E-state index is 12.4.